The Morgan fingerprint density at radius 1 is 1.04 bits per heavy atom. The van der Waals surface area contributed by atoms with Crippen molar-refractivity contribution >= 4 is 64.0 Å². The predicted octanol–water partition coefficient (Wildman–Crippen LogP) is 6.63. The highest BCUT2D eigenvalue weighted by Gasteiger charge is 2.19. The van der Waals surface area contributed by atoms with Crippen LogP contribution in [0.15, 0.2) is 24.3 Å². The fourth-order valence-corrected chi connectivity index (χ4v) is 2.65. The number of rotatable bonds is 5. The number of benzene rings is 2. The molecule has 0 aliphatic carbocycles. The van der Waals surface area contributed by atoms with E-state index >= 15 is 0 Å². The maximum atomic E-state index is 11.5. The van der Waals surface area contributed by atoms with Gasteiger partial charge in [0.1, 0.15) is 22.9 Å². The summed E-state index contributed by atoms with van der Waals surface area (Å²) in [6.45, 7) is 4.25. The van der Waals surface area contributed by atoms with Crippen LogP contribution in [0.1, 0.15) is 26.7 Å². The molecule has 0 bridgehead atoms. The highest BCUT2D eigenvalue weighted by Crippen LogP contribution is 2.45. The molecule has 0 aliphatic rings. The molecule has 0 aromatic heterocycles. The van der Waals surface area contributed by atoms with E-state index in [9.17, 15) is 14.7 Å². The number of hydrogen-bond donors (Lipinski definition) is 3. The van der Waals surface area contributed by atoms with Gasteiger partial charge in [0.2, 0.25) is 5.91 Å². The lowest BCUT2D eigenvalue weighted by molar-refractivity contribution is -0.139. The molecule has 0 radical (unpaired) electrons. The number of anilines is 1. The molecular weight excluding hydrogens is 452 g/mol. The molecule has 1 amide bonds. The van der Waals surface area contributed by atoms with Gasteiger partial charge in [-0.2, -0.15) is 0 Å². The SMILES string of the molecule is CCC.O=C(O)CC(=O)Nc1cc(Cl)c(Oc2ccc(O)c(Cl)c2)c(Cl)c1Cl. The summed E-state index contributed by atoms with van der Waals surface area (Å²) in [6, 6.07) is 5.37. The van der Waals surface area contributed by atoms with E-state index in [0.717, 1.165) is 0 Å². The molecule has 0 unspecified atom stereocenters. The molecule has 10 heteroatoms. The molecule has 0 atom stereocenters. The van der Waals surface area contributed by atoms with Crippen molar-refractivity contribution in [3.8, 4) is 17.2 Å². The van der Waals surface area contributed by atoms with Gasteiger partial charge in [-0.1, -0.05) is 66.7 Å². The lowest BCUT2D eigenvalue weighted by atomic mass is 10.2. The number of halogens is 4. The van der Waals surface area contributed by atoms with E-state index in [2.05, 4.69) is 19.2 Å². The molecule has 2 rings (SSSR count). The molecule has 0 saturated carbocycles. The lowest BCUT2D eigenvalue weighted by Crippen LogP contribution is -2.16. The van der Waals surface area contributed by atoms with Crippen LogP contribution < -0.4 is 10.1 Å². The van der Waals surface area contributed by atoms with Gasteiger partial charge in [-0.15, -0.1) is 0 Å². The van der Waals surface area contributed by atoms with Crippen LogP contribution in [-0.2, 0) is 9.59 Å². The summed E-state index contributed by atoms with van der Waals surface area (Å²) in [6.07, 6.45) is 0.510. The summed E-state index contributed by atoms with van der Waals surface area (Å²) in [5.74, 6) is -1.96. The van der Waals surface area contributed by atoms with Gasteiger partial charge in [0, 0.05) is 6.07 Å². The average Bonchev–Trinajstić information content (AvgIpc) is 2.59. The minimum atomic E-state index is -1.30. The van der Waals surface area contributed by atoms with Crippen LogP contribution in [0, 0.1) is 0 Å². The molecule has 0 heterocycles. The lowest BCUT2D eigenvalue weighted by Gasteiger charge is -2.14. The van der Waals surface area contributed by atoms with Crippen LogP contribution in [0.2, 0.25) is 20.1 Å². The standard InChI is InChI=1S/C15H9Cl4NO5.C3H8/c16-7-3-6(1-2-10(7)21)25-15-8(17)4-9(13(18)14(15)19)20-11(22)5-12(23)24;1-3-2/h1-4,21H,5H2,(H,20,22)(H,23,24);3H2,1-2H3. The number of nitrogens with one attached hydrogen (secondary N) is 1. The molecular formula is C18H17Cl4NO5. The van der Waals surface area contributed by atoms with Gasteiger partial charge in [-0.3, -0.25) is 9.59 Å². The Morgan fingerprint density at radius 2 is 1.64 bits per heavy atom. The van der Waals surface area contributed by atoms with Gasteiger partial charge in [0.05, 0.1) is 20.8 Å². The van der Waals surface area contributed by atoms with Crippen molar-refractivity contribution < 1.29 is 24.5 Å². The van der Waals surface area contributed by atoms with Crippen LogP contribution in [-0.4, -0.2) is 22.1 Å². The molecule has 6 nitrogen and oxygen atoms in total. The van der Waals surface area contributed by atoms with E-state index in [1.165, 1.54) is 30.7 Å². The number of amides is 1. The number of ether oxygens (including phenoxy) is 1. The molecule has 0 aliphatic heterocycles. The second-order valence-electron chi connectivity index (χ2n) is 5.40. The van der Waals surface area contributed by atoms with Crippen molar-refractivity contribution in [3.05, 3.63) is 44.4 Å². The summed E-state index contributed by atoms with van der Waals surface area (Å²) < 4.78 is 5.53. The molecule has 2 aromatic carbocycles. The molecule has 0 spiro atoms. The summed E-state index contributed by atoms with van der Waals surface area (Å²) in [5, 5.41) is 20.2. The quantitative estimate of drug-likeness (QED) is 0.338. The zero-order valence-electron chi connectivity index (χ0n) is 14.9. The summed E-state index contributed by atoms with van der Waals surface area (Å²) in [7, 11) is 0. The first-order valence-electron chi connectivity index (χ1n) is 7.96. The van der Waals surface area contributed by atoms with Crippen molar-refractivity contribution in [2.75, 3.05) is 5.32 Å². The Morgan fingerprint density at radius 3 is 2.18 bits per heavy atom. The third-order valence-electron chi connectivity index (χ3n) is 2.84. The number of aromatic hydroxyl groups is 1. The van der Waals surface area contributed by atoms with Crippen LogP contribution in [0.25, 0.3) is 0 Å². The Bertz CT molecular complexity index is 874. The van der Waals surface area contributed by atoms with Crippen LogP contribution in [0.4, 0.5) is 5.69 Å². The van der Waals surface area contributed by atoms with E-state index in [1.807, 2.05) is 0 Å². The Labute approximate surface area is 181 Å². The highest BCUT2D eigenvalue weighted by molar-refractivity contribution is 6.46. The number of phenols is 1. The predicted molar refractivity (Wildman–Crippen MR) is 112 cm³/mol. The van der Waals surface area contributed by atoms with E-state index in [0.29, 0.717) is 0 Å². The minimum absolute atomic E-state index is 0.00585. The number of carboxylic acids is 1. The minimum Gasteiger partial charge on any atom is -0.506 e. The van der Waals surface area contributed by atoms with Gasteiger partial charge in [0.15, 0.2) is 5.75 Å². The Balaban J connectivity index is 0.00000122. The van der Waals surface area contributed by atoms with Gasteiger partial charge < -0.3 is 20.3 Å². The zero-order chi connectivity index (χ0) is 21.4. The fourth-order valence-electron chi connectivity index (χ4n) is 1.76. The fraction of sp³-hybridized carbons (Fsp3) is 0.222. The number of carboxylic acid groups (broad SMARTS) is 1. The number of aliphatic carboxylic acids is 1. The van der Waals surface area contributed by atoms with Gasteiger partial charge in [0.25, 0.3) is 0 Å². The van der Waals surface area contributed by atoms with Crippen LogP contribution in [0.3, 0.4) is 0 Å². The van der Waals surface area contributed by atoms with Crippen molar-refractivity contribution in [1.82, 2.24) is 0 Å². The van der Waals surface area contributed by atoms with Crippen LogP contribution >= 0.6 is 46.4 Å². The topological polar surface area (TPSA) is 95.9 Å². The summed E-state index contributed by atoms with van der Waals surface area (Å²) in [4.78, 5) is 22.1. The second kappa shape index (κ2) is 11.2. The maximum Gasteiger partial charge on any atom is 0.312 e. The maximum absolute atomic E-state index is 11.5. The smallest absolute Gasteiger partial charge is 0.312 e. The average molecular weight is 469 g/mol. The van der Waals surface area contributed by atoms with Crippen molar-refractivity contribution in [3.63, 3.8) is 0 Å². The van der Waals surface area contributed by atoms with Crippen molar-refractivity contribution in [1.29, 1.82) is 0 Å². The molecule has 0 fully saturated rings. The summed E-state index contributed by atoms with van der Waals surface area (Å²) in [5.41, 5.74) is 0.0407. The van der Waals surface area contributed by atoms with E-state index in [4.69, 9.17) is 56.2 Å². The Kier molecular flexibility index (Phi) is 9.69. The molecule has 152 valence electrons. The monoisotopic (exact) mass is 467 g/mol. The van der Waals surface area contributed by atoms with Crippen LogP contribution in [0.5, 0.6) is 17.2 Å². The molecule has 28 heavy (non-hydrogen) atoms. The third-order valence-corrected chi connectivity index (χ3v) is 4.27. The Hall–Kier alpha value is -1.86. The first-order chi connectivity index (χ1) is 13.1. The summed E-state index contributed by atoms with van der Waals surface area (Å²) >= 11 is 24.1. The zero-order valence-corrected chi connectivity index (χ0v) is 17.9. The largest absolute Gasteiger partial charge is 0.506 e. The first kappa shape index (κ1) is 24.2. The van der Waals surface area contributed by atoms with E-state index < -0.39 is 18.3 Å². The third kappa shape index (κ3) is 6.95. The first-order valence-corrected chi connectivity index (χ1v) is 9.47. The van der Waals surface area contributed by atoms with E-state index in [1.54, 1.807) is 0 Å². The molecule has 3 N–H and O–H groups in total. The van der Waals surface area contributed by atoms with Crippen molar-refractivity contribution in [2.24, 2.45) is 0 Å². The number of hydrogen-bond acceptors (Lipinski definition) is 4. The highest BCUT2D eigenvalue weighted by atomic mass is 35.5. The number of carbonyl (C=O) groups excluding carboxylic acids is 1. The molecule has 0 saturated heterocycles. The number of phenolic OH excluding ortho intramolecular Hbond substituents is 1. The van der Waals surface area contributed by atoms with Gasteiger partial charge >= 0.3 is 5.97 Å². The van der Waals surface area contributed by atoms with Crippen molar-refractivity contribution in [2.45, 2.75) is 26.7 Å². The second-order valence-corrected chi connectivity index (χ2v) is 6.97. The van der Waals surface area contributed by atoms with Gasteiger partial charge in [-0.25, -0.2) is 0 Å². The number of carbonyl (C=O) groups is 2. The molecule has 2 aromatic rings. The van der Waals surface area contributed by atoms with Gasteiger partial charge in [-0.05, 0) is 18.2 Å². The van der Waals surface area contributed by atoms with E-state index in [-0.39, 0.29) is 43.0 Å². The normalized spacial score (nSPS) is 9.93.